The van der Waals surface area contributed by atoms with Gasteiger partial charge in [0.1, 0.15) is 5.75 Å². The number of hydrogen-bond donors (Lipinski definition) is 1. The molecule has 0 bridgehead atoms. The topological polar surface area (TPSA) is 99.6 Å². The van der Waals surface area contributed by atoms with E-state index in [1.165, 1.54) is 12.1 Å². The lowest BCUT2D eigenvalue weighted by Gasteiger charge is -2.08. The van der Waals surface area contributed by atoms with Crippen LogP contribution in [0.5, 0.6) is 5.75 Å². The van der Waals surface area contributed by atoms with Gasteiger partial charge in [-0.2, -0.15) is 5.10 Å². The summed E-state index contributed by atoms with van der Waals surface area (Å²) in [5, 5.41) is 10.1. The van der Waals surface area contributed by atoms with Gasteiger partial charge in [0, 0.05) is 12.0 Å². The molecule has 0 amide bonds. The Morgan fingerprint density at radius 1 is 0.829 bits per heavy atom. The number of aryl methyl sites for hydroxylation is 1. The third kappa shape index (κ3) is 4.66. The SMILES string of the molecule is COc1ccc(-c2ccc(-c3ccc4nc(C)c(Cc5ccc(S(N)(=O)=O)cc5)n4n3)cc2)cc1. The van der Waals surface area contributed by atoms with E-state index < -0.39 is 10.0 Å². The van der Waals surface area contributed by atoms with Gasteiger partial charge in [-0.15, -0.1) is 0 Å². The summed E-state index contributed by atoms with van der Waals surface area (Å²) in [5.74, 6) is 0.828. The van der Waals surface area contributed by atoms with Crippen LogP contribution in [0, 0.1) is 6.92 Å². The maximum absolute atomic E-state index is 11.5. The predicted octanol–water partition coefficient (Wildman–Crippen LogP) is 4.62. The summed E-state index contributed by atoms with van der Waals surface area (Å²) in [6.45, 7) is 1.95. The molecule has 8 heteroatoms. The molecule has 5 rings (SSSR count). The zero-order valence-electron chi connectivity index (χ0n) is 19.3. The minimum Gasteiger partial charge on any atom is -0.497 e. The van der Waals surface area contributed by atoms with E-state index in [0.717, 1.165) is 50.7 Å². The number of rotatable bonds is 6. The van der Waals surface area contributed by atoms with Gasteiger partial charge >= 0.3 is 0 Å². The van der Waals surface area contributed by atoms with Crippen molar-refractivity contribution in [1.82, 2.24) is 14.6 Å². The lowest BCUT2D eigenvalue weighted by Crippen LogP contribution is -2.12. The van der Waals surface area contributed by atoms with Crippen LogP contribution in [0.4, 0.5) is 0 Å². The van der Waals surface area contributed by atoms with Gasteiger partial charge in [-0.1, -0.05) is 48.5 Å². The third-order valence-corrected chi connectivity index (χ3v) is 6.93. The molecule has 0 fully saturated rings. The van der Waals surface area contributed by atoms with Crippen LogP contribution in [-0.2, 0) is 16.4 Å². The molecule has 0 unspecified atom stereocenters. The van der Waals surface area contributed by atoms with Crippen LogP contribution in [0.1, 0.15) is 17.0 Å². The van der Waals surface area contributed by atoms with Crippen molar-refractivity contribution < 1.29 is 13.2 Å². The molecule has 2 aromatic heterocycles. The quantitative estimate of drug-likeness (QED) is 0.379. The number of aromatic nitrogens is 3. The highest BCUT2D eigenvalue weighted by atomic mass is 32.2. The van der Waals surface area contributed by atoms with Crippen LogP contribution < -0.4 is 9.88 Å². The first-order valence-electron chi connectivity index (χ1n) is 11.0. The lowest BCUT2D eigenvalue weighted by atomic mass is 10.0. The number of primary sulfonamides is 1. The van der Waals surface area contributed by atoms with Gasteiger partial charge in [-0.05, 0) is 60.0 Å². The monoisotopic (exact) mass is 484 g/mol. The van der Waals surface area contributed by atoms with Gasteiger partial charge in [0.05, 0.1) is 29.1 Å². The first-order valence-corrected chi connectivity index (χ1v) is 12.6. The fourth-order valence-corrected chi connectivity index (χ4v) is 4.57. The predicted molar refractivity (Wildman–Crippen MR) is 136 cm³/mol. The van der Waals surface area contributed by atoms with Crippen LogP contribution in [-0.4, -0.2) is 30.1 Å². The van der Waals surface area contributed by atoms with E-state index in [-0.39, 0.29) is 4.90 Å². The second-order valence-corrected chi connectivity index (χ2v) is 9.87. The molecule has 0 aliphatic rings. The number of hydrogen-bond acceptors (Lipinski definition) is 5. The van der Waals surface area contributed by atoms with E-state index >= 15 is 0 Å². The highest BCUT2D eigenvalue weighted by Gasteiger charge is 2.13. The van der Waals surface area contributed by atoms with Crippen molar-refractivity contribution in [3.63, 3.8) is 0 Å². The van der Waals surface area contributed by atoms with E-state index in [1.807, 2.05) is 47.8 Å². The van der Waals surface area contributed by atoms with Gasteiger partial charge in [0.25, 0.3) is 0 Å². The maximum atomic E-state index is 11.5. The van der Waals surface area contributed by atoms with Crippen LogP contribution in [0.25, 0.3) is 28.0 Å². The first kappa shape index (κ1) is 22.8. The van der Waals surface area contributed by atoms with E-state index in [2.05, 4.69) is 29.2 Å². The molecule has 0 aliphatic heterocycles. The highest BCUT2D eigenvalue weighted by molar-refractivity contribution is 7.89. The van der Waals surface area contributed by atoms with Crippen molar-refractivity contribution in [3.8, 4) is 28.1 Å². The zero-order chi connectivity index (χ0) is 24.6. The number of fused-ring (bicyclic) bond motifs is 1. The first-order chi connectivity index (χ1) is 16.8. The Bertz CT molecular complexity index is 1610. The number of nitrogens with two attached hydrogens (primary N) is 1. The molecule has 3 aromatic carbocycles. The fraction of sp³-hybridized carbons (Fsp3) is 0.111. The van der Waals surface area contributed by atoms with Crippen molar-refractivity contribution in [1.29, 1.82) is 0 Å². The number of imidazole rings is 1. The van der Waals surface area contributed by atoms with Crippen LogP contribution >= 0.6 is 0 Å². The Morgan fingerprint density at radius 3 is 2.03 bits per heavy atom. The van der Waals surface area contributed by atoms with Gasteiger partial charge < -0.3 is 4.74 Å². The standard InChI is InChI=1S/C27H24N4O3S/c1-18-26(17-19-3-13-24(14-4-19)35(28,32)33)31-27(29-18)16-15-25(30-31)22-7-5-20(6-8-22)21-9-11-23(34-2)12-10-21/h3-16H,17H2,1-2H3,(H2,28,32,33). The molecule has 0 aliphatic carbocycles. The smallest absolute Gasteiger partial charge is 0.238 e. The number of nitrogens with zero attached hydrogens (tertiary/aromatic N) is 3. The van der Waals surface area contributed by atoms with E-state index in [0.29, 0.717) is 6.42 Å². The lowest BCUT2D eigenvalue weighted by molar-refractivity contribution is 0.415. The molecule has 35 heavy (non-hydrogen) atoms. The minimum absolute atomic E-state index is 0.0922. The molecule has 2 heterocycles. The van der Waals surface area contributed by atoms with E-state index in [1.54, 1.807) is 19.2 Å². The maximum Gasteiger partial charge on any atom is 0.238 e. The number of ether oxygens (including phenoxy) is 1. The van der Waals surface area contributed by atoms with Crippen molar-refractivity contribution >= 4 is 15.7 Å². The molecule has 176 valence electrons. The zero-order valence-corrected chi connectivity index (χ0v) is 20.2. The summed E-state index contributed by atoms with van der Waals surface area (Å²) in [6.07, 6.45) is 0.560. The number of sulfonamides is 1. The van der Waals surface area contributed by atoms with Crippen LogP contribution in [0.15, 0.2) is 89.8 Å². The highest BCUT2D eigenvalue weighted by Crippen LogP contribution is 2.26. The van der Waals surface area contributed by atoms with Crippen molar-refractivity contribution in [2.45, 2.75) is 18.2 Å². The largest absolute Gasteiger partial charge is 0.497 e. The molecule has 0 saturated carbocycles. The van der Waals surface area contributed by atoms with Crippen molar-refractivity contribution in [3.05, 3.63) is 102 Å². The van der Waals surface area contributed by atoms with Crippen molar-refractivity contribution in [2.24, 2.45) is 5.14 Å². The van der Waals surface area contributed by atoms with Gasteiger partial charge in [-0.3, -0.25) is 0 Å². The van der Waals surface area contributed by atoms with Gasteiger partial charge in [0.2, 0.25) is 10.0 Å². The Morgan fingerprint density at radius 2 is 1.43 bits per heavy atom. The molecule has 0 saturated heterocycles. The molecule has 0 radical (unpaired) electrons. The van der Waals surface area contributed by atoms with Crippen molar-refractivity contribution in [2.75, 3.05) is 7.11 Å². The molecule has 5 aromatic rings. The Kier molecular flexibility index (Phi) is 5.84. The summed E-state index contributed by atoms with van der Waals surface area (Å²) < 4.78 is 30.2. The molecular formula is C27H24N4O3S. The number of benzene rings is 3. The average molecular weight is 485 g/mol. The Labute approximate surface area is 203 Å². The van der Waals surface area contributed by atoms with E-state index in [4.69, 9.17) is 15.0 Å². The second-order valence-electron chi connectivity index (χ2n) is 8.30. The summed E-state index contributed by atoms with van der Waals surface area (Å²) in [5.41, 5.74) is 7.58. The average Bonchev–Trinajstić information content (AvgIpc) is 3.18. The summed E-state index contributed by atoms with van der Waals surface area (Å²) >= 11 is 0. The normalized spacial score (nSPS) is 11.6. The fourth-order valence-electron chi connectivity index (χ4n) is 4.05. The molecule has 0 atom stereocenters. The van der Waals surface area contributed by atoms with E-state index in [9.17, 15) is 8.42 Å². The summed E-state index contributed by atoms with van der Waals surface area (Å²) in [7, 11) is -2.06. The molecule has 2 N–H and O–H groups in total. The second kappa shape index (κ2) is 8.98. The van der Waals surface area contributed by atoms with Gasteiger partial charge in [0.15, 0.2) is 5.65 Å². The molecular weight excluding hydrogens is 460 g/mol. The Hall–Kier alpha value is -4.01. The van der Waals surface area contributed by atoms with Crippen LogP contribution in [0.2, 0.25) is 0 Å². The van der Waals surface area contributed by atoms with Crippen LogP contribution in [0.3, 0.4) is 0 Å². The number of methoxy groups -OCH3 is 1. The molecule has 0 spiro atoms. The molecule has 7 nitrogen and oxygen atoms in total. The van der Waals surface area contributed by atoms with Gasteiger partial charge in [-0.25, -0.2) is 23.1 Å². The Balaban J connectivity index is 1.44. The minimum atomic E-state index is -3.72. The summed E-state index contributed by atoms with van der Waals surface area (Å²) in [4.78, 5) is 4.74. The summed E-state index contributed by atoms with van der Waals surface area (Å²) in [6, 6.07) is 26.7. The third-order valence-electron chi connectivity index (χ3n) is 6.00.